The number of hydrogen-bond donors (Lipinski definition) is 4. The molecule has 0 aliphatic rings. The molecule has 12 heteroatoms. The Kier molecular flexibility index (Phi) is 6.86. The number of methoxy groups -OCH3 is 2. The molecule has 0 aliphatic heterocycles. The third-order valence-corrected chi connectivity index (χ3v) is 5.87. The third-order valence-electron chi connectivity index (χ3n) is 4.75. The van der Waals surface area contributed by atoms with E-state index in [2.05, 4.69) is 9.72 Å². The number of nitrogen functional groups attached to an aromatic ring is 2. The molecule has 0 unspecified atom stereocenters. The number of fused-ring (bicyclic) bond motifs is 1. The lowest BCUT2D eigenvalue weighted by Gasteiger charge is -2.16. The number of carbonyl (C=O) groups excluding carboxylic acids is 2. The number of anilines is 2. The third kappa shape index (κ3) is 4.59. The van der Waals surface area contributed by atoms with Gasteiger partial charge in [-0.25, -0.2) is 4.98 Å². The zero-order chi connectivity index (χ0) is 24.3. The minimum atomic E-state index is -1.12. The lowest BCUT2D eigenvalue weighted by atomic mass is 9.97. The summed E-state index contributed by atoms with van der Waals surface area (Å²) in [5.41, 5.74) is 18.6. The molecule has 0 saturated carbocycles. The van der Waals surface area contributed by atoms with Gasteiger partial charge in [-0.3, -0.25) is 9.59 Å². The number of rotatable bonds is 8. The van der Waals surface area contributed by atoms with E-state index in [9.17, 15) is 20.0 Å². The fourth-order valence-corrected chi connectivity index (χ4v) is 4.18. The van der Waals surface area contributed by atoms with Crippen molar-refractivity contribution in [3.63, 3.8) is 0 Å². The van der Waals surface area contributed by atoms with Crippen molar-refractivity contribution in [2.75, 3.05) is 32.3 Å². The number of aromatic nitrogens is 1. The van der Waals surface area contributed by atoms with Gasteiger partial charge in [-0.05, 0) is 17.7 Å². The number of ether oxygens (including phenoxy) is 3. The van der Waals surface area contributed by atoms with Crippen LogP contribution in [0.1, 0.15) is 21.7 Å². The largest absolute Gasteiger partial charge is 0.493 e. The number of carbonyl (C=O) groups is 2. The molecule has 3 rings (SSSR count). The van der Waals surface area contributed by atoms with Crippen LogP contribution in [0.15, 0.2) is 18.2 Å². The van der Waals surface area contributed by atoms with Crippen LogP contribution in [-0.4, -0.2) is 48.9 Å². The highest BCUT2D eigenvalue weighted by molar-refractivity contribution is 7.21. The first-order valence-corrected chi connectivity index (χ1v) is 10.3. The number of primary amides is 1. The van der Waals surface area contributed by atoms with Crippen molar-refractivity contribution in [1.82, 2.24) is 4.98 Å². The van der Waals surface area contributed by atoms with Gasteiger partial charge >= 0.3 is 5.97 Å². The van der Waals surface area contributed by atoms with Crippen LogP contribution in [0.5, 0.6) is 11.5 Å². The second kappa shape index (κ2) is 9.60. The second-order valence-electron chi connectivity index (χ2n) is 6.86. The van der Waals surface area contributed by atoms with Crippen LogP contribution in [0, 0.1) is 11.3 Å². The number of aliphatic hydroxyl groups excluding tert-OH is 1. The number of pyridine rings is 1. The van der Waals surface area contributed by atoms with Gasteiger partial charge < -0.3 is 36.5 Å². The minimum Gasteiger partial charge on any atom is -0.493 e. The summed E-state index contributed by atoms with van der Waals surface area (Å²) in [4.78, 5) is 27.8. The maximum Gasteiger partial charge on any atom is 0.308 e. The number of amides is 1. The second-order valence-corrected chi connectivity index (χ2v) is 7.86. The quantitative estimate of drug-likeness (QED) is 0.348. The monoisotopic (exact) mass is 471 g/mol. The van der Waals surface area contributed by atoms with Gasteiger partial charge in [0.25, 0.3) is 5.91 Å². The number of hydrogen-bond acceptors (Lipinski definition) is 11. The lowest BCUT2D eigenvalue weighted by Crippen LogP contribution is -2.22. The standard InChI is InChI=1S/C21H21N5O6S/c1-30-12-4-3-9(5-13(12)32-8-10(27)6-14(28)31-2)15-11(7-22)19(24)26-21-16(15)17(23)18(33-21)20(25)29/h3-5,10,27H,6,8,23H2,1-2H3,(H2,24,26)(H2,25,29)/t10-/m0/s1. The molecule has 2 aromatic heterocycles. The van der Waals surface area contributed by atoms with Crippen LogP contribution < -0.4 is 26.7 Å². The highest BCUT2D eigenvalue weighted by Crippen LogP contribution is 2.44. The zero-order valence-electron chi connectivity index (χ0n) is 17.7. The Labute approximate surface area is 192 Å². The number of benzene rings is 1. The van der Waals surface area contributed by atoms with E-state index in [0.717, 1.165) is 11.3 Å². The van der Waals surface area contributed by atoms with Crippen LogP contribution in [0.25, 0.3) is 21.3 Å². The zero-order valence-corrected chi connectivity index (χ0v) is 18.6. The molecule has 7 N–H and O–H groups in total. The van der Waals surface area contributed by atoms with Gasteiger partial charge in [0.2, 0.25) is 0 Å². The highest BCUT2D eigenvalue weighted by Gasteiger charge is 2.24. The molecule has 0 spiro atoms. The number of nitriles is 1. The van der Waals surface area contributed by atoms with Crippen LogP contribution in [0.3, 0.4) is 0 Å². The van der Waals surface area contributed by atoms with Crippen LogP contribution in [-0.2, 0) is 9.53 Å². The van der Waals surface area contributed by atoms with E-state index < -0.39 is 18.0 Å². The normalized spacial score (nSPS) is 11.6. The van der Waals surface area contributed by atoms with Gasteiger partial charge in [0, 0.05) is 10.9 Å². The number of nitrogens with zero attached hydrogens (tertiary/aromatic N) is 2. The first kappa shape index (κ1) is 23.6. The molecule has 11 nitrogen and oxygen atoms in total. The molecule has 0 saturated heterocycles. The average Bonchev–Trinajstić information content (AvgIpc) is 3.12. The van der Waals surface area contributed by atoms with E-state index in [1.165, 1.54) is 14.2 Å². The summed E-state index contributed by atoms with van der Waals surface area (Å²) >= 11 is 0.975. The van der Waals surface area contributed by atoms with Gasteiger partial charge in [-0.2, -0.15) is 5.26 Å². The van der Waals surface area contributed by atoms with Crippen LogP contribution in [0.2, 0.25) is 0 Å². The fraction of sp³-hybridized carbons (Fsp3) is 0.238. The van der Waals surface area contributed by atoms with Crippen molar-refractivity contribution in [1.29, 1.82) is 5.26 Å². The number of nitrogens with two attached hydrogens (primary N) is 3. The number of aliphatic hydroxyl groups is 1. The van der Waals surface area contributed by atoms with Crippen molar-refractivity contribution in [2.24, 2.45) is 5.73 Å². The maximum atomic E-state index is 11.8. The number of esters is 1. The SMILES string of the molecule is COC(=O)C[C@H](O)COc1cc(-c2c(C#N)c(N)nc3sc(C(N)=O)c(N)c23)ccc1OC. The van der Waals surface area contributed by atoms with E-state index in [-0.39, 0.29) is 40.7 Å². The molecule has 3 aromatic rings. The summed E-state index contributed by atoms with van der Waals surface area (Å²) in [7, 11) is 2.65. The van der Waals surface area contributed by atoms with Crippen LogP contribution in [0.4, 0.5) is 11.5 Å². The average molecular weight is 471 g/mol. The predicted molar refractivity (Wildman–Crippen MR) is 122 cm³/mol. The molecule has 172 valence electrons. The maximum absolute atomic E-state index is 11.8. The smallest absolute Gasteiger partial charge is 0.308 e. The van der Waals surface area contributed by atoms with E-state index in [1.807, 2.05) is 6.07 Å². The van der Waals surface area contributed by atoms with Crippen molar-refractivity contribution in [3.8, 4) is 28.7 Å². The van der Waals surface area contributed by atoms with E-state index >= 15 is 0 Å². The molecular weight excluding hydrogens is 450 g/mol. The molecular formula is C21H21N5O6S. The minimum absolute atomic E-state index is 0.0379. The molecule has 1 atom stereocenters. The van der Waals surface area contributed by atoms with Crippen molar-refractivity contribution in [3.05, 3.63) is 28.6 Å². The number of thiophene rings is 1. The molecule has 1 amide bonds. The summed E-state index contributed by atoms with van der Waals surface area (Å²) in [6.07, 6.45) is -1.37. The predicted octanol–water partition coefficient (Wildman–Crippen LogP) is 1.41. The summed E-state index contributed by atoms with van der Waals surface area (Å²) < 4.78 is 15.5. The summed E-state index contributed by atoms with van der Waals surface area (Å²) in [5.74, 6) is -0.772. The molecule has 0 bridgehead atoms. The fourth-order valence-electron chi connectivity index (χ4n) is 3.22. The summed E-state index contributed by atoms with van der Waals surface area (Å²) in [6, 6.07) is 6.85. The Hall–Kier alpha value is -4.08. The topological polar surface area (TPSA) is 197 Å². The lowest BCUT2D eigenvalue weighted by molar-refractivity contribution is -0.143. The molecule has 0 aliphatic carbocycles. The van der Waals surface area contributed by atoms with Gasteiger partial charge in [0.1, 0.15) is 33.8 Å². The van der Waals surface area contributed by atoms with Crippen molar-refractivity contribution in [2.45, 2.75) is 12.5 Å². The Bertz CT molecular complexity index is 1280. The first-order chi connectivity index (χ1) is 15.7. The van der Waals surface area contributed by atoms with Gasteiger partial charge in [-0.1, -0.05) is 6.07 Å². The van der Waals surface area contributed by atoms with Gasteiger partial charge in [0.15, 0.2) is 11.5 Å². The molecule has 33 heavy (non-hydrogen) atoms. The Morgan fingerprint density at radius 1 is 1.27 bits per heavy atom. The van der Waals surface area contributed by atoms with Crippen LogP contribution >= 0.6 is 11.3 Å². The molecule has 0 fully saturated rings. The first-order valence-electron chi connectivity index (χ1n) is 9.49. The van der Waals surface area contributed by atoms with E-state index in [1.54, 1.807) is 18.2 Å². The van der Waals surface area contributed by atoms with Crippen molar-refractivity contribution >= 4 is 44.9 Å². The van der Waals surface area contributed by atoms with Gasteiger partial charge in [0.05, 0.1) is 32.4 Å². The molecule has 2 heterocycles. The van der Waals surface area contributed by atoms with E-state index in [4.69, 9.17) is 26.7 Å². The van der Waals surface area contributed by atoms with E-state index in [0.29, 0.717) is 27.1 Å². The Balaban J connectivity index is 2.14. The van der Waals surface area contributed by atoms with Crippen molar-refractivity contribution < 1.29 is 28.9 Å². The Morgan fingerprint density at radius 2 is 2.00 bits per heavy atom. The van der Waals surface area contributed by atoms with Gasteiger partial charge in [-0.15, -0.1) is 11.3 Å². The Morgan fingerprint density at radius 3 is 2.61 bits per heavy atom. The summed E-state index contributed by atoms with van der Waals surface area (Å²) in [5, 5.41) is 20.1. The highest BCUT2D eigenvalue weighted by atomic mass is 32.1. The molecule has 0 radical (unpaired) electrons. The molecule has 1 aromatic carbocycles. The summed E-state index contributed by atoms with van der Waals surface area (Å²) in [6.45, 7) is -0.222.